The number of hydrogen-bond acceptors (Lipinski definition) is 6. The van der Waals surface area contributed by atoms with Crippen LogP contribution >= 0.6 is 0 Å². The summed E-state index contributed by atoms with van der Waals surface area (Å²) in [6.45, 7) is 8.25. The van der Waals surface area contributed by atoms with E-state index in [9.17, 15) is 9.59 Å². The van der Waals surface area contributed by atoms with E-state index in [1.165, 1.54) is 12.4 Å². The normalized spacial score (nSPS) is 11.4. The molecule has 0 saturated heterocycles. The number of amides is 2. The molecule has 0 aliphatic carbocycles. The summed E-state index contributed by atoms with van der Waals surface area (Å²) >= 11 is 0. The Kier molecular flexibility index (Phi) is 6.38. The van der Waals surface area contributed by atoms with Gasteiger partial charge in [0.1, 0.15) is 29.0 Å². The molecule has 0 spiro atoms. The first-order valence-electron chi connectivity index (χ1n) is 12.1. The van der Waals surface area contributed by atoms with Gasteiger partial charge in [0, 0.05) is 35.1 Å². The monoisotopic (exact) mass is 508 g/mol. The molecule has 5 aromatic rings. The highest BCUT2D eigenvalue weighted by Crippen LogP contribution is 2.27. The maximum absolute atomic E-state index is 12.9. The number of rotatable bonds is 5. The minimum atomic E-state index is -0.395. The third-order valence-electron chi connectivity index (χ3n) is 5.92. The largest absolute Gasteiger partial charge is 0.346 e. The van der Waals surface area contributed by atoms with Crippen LogP contribution in [0.4, 0.5) is 27.8 Å². The molecule has 10 nitrogen and oxygen atoms in total. The third kappa shape index (κ3) is 5.24. The van der Waals surface area contributed by atoms with Crippen molar-refractivity contribution >= 4 is 40.1 Å². The van der Waals surface area contributed by atoms with E-state index >= 15 is 0 Å². The molecular weight excluding hydrogens is 480 g/mol. The lowest BCUT2D eigenvalue weighted by atomic mass is 9.92. The van der Waals surface area contributed by atoms with E-state index < -0.39 is 6.03 Å². The second-order valence-corrected chi connectivity index (χ2v) is 9.98. The van der Waals surface area contributed by atoms with Gasteiger partial charge in [0.15, 0.2) is 5.43 Å². The lowest BCUT2D eigenvalue weighted by Crippen LogP contribution is -2.21. The molecule has 3 heterocycles. The number of fused-ring (bicyclic) bond motifs is 1. The first-order chi connectivity index (χ1) is 18.2. The Hall–Kier alpha value is -4.99. The minimum Gasteiger partial charge on any atom is -0.346 e. The van der Waals surface area contributed by atoms with Crippen molar-refractivity contribution in [3.8, 4) is 5.69 Å². The van der Waals surface area contributed by atoms with Gasteiger partial charge in [-0.05, 0) is 48.9 Å². The van der Waals surface area contributed by atoms with Crippen LogP contribution in [0.2, 0.25) is 0 Å². The van der Waals surface area contributed by atoms with Crippen LogP contribution < -0.4 is 21.4 Å². The SMILES string of the molecule is Cc1cccc(-n2nc(C(C)(C)C)cc2NC(=O)Nc2ccc(Nc3ncnc4[nH]ccc(=O)c34)cc2)c1. The molecule has 38 heavy (non-hydrogen) atoms. The molecule has 0 aliphatic rings. The fraction of sp³-hybridized carbons (Fsp3) is 0.179. The molecule has 5 rings (SSSR count). The van der Waals surface area contributed by atoms with Crippen molar-refractivity contribution in [3.63, 3.8) is 0 Å². The Balaban J connectivity index is 1.32. The predicted molar refractivity (Wildman–Crippen MR) is 150 cm³/mol. The first-order valence-corrected chi connectivity index (χ1v) is 12.1. The molecular formula is C28H28N8O2. The first kappa shape index (κ1) is 24.7. The topological polar surface area (TPSA) is 130 Å². The van der Waals surface area contributed by atoms with E-state index in [0.717, 1.165) is 16.9 Å². The van der Waals surface area contributed by atoms with Crippen molar-refractivity contribution in [1.82, 2.24) is 24.7 Å². The van der Waals surface area contributed by atoms with Crippen molar-refractivity contribution in [3.05, 3.63) is 94.7 Å². The smallest absolute Gasteiger partial charge is 0.324 e. The predicted octanol–water partition coefficient (Wildman–Crippen LogP) is 5.50. The fourth-order valence-electron chi connectivity index (χ4n) is 3.95. The number of urea groups is 1. The Bertz CT molecular complexity index is 1670. The number of aromatic nitrogens is 5. The molecule has 192 valence electrons. The van der Waals surface area contributed by atoms with Crippen LogP contribution in [0.15, 0.2) is 78.0 Å². The number of anilines is 4. The van der Waals surface area contributed by atoms with Crippen molar-refractivity contribution in [2.45, 2.75) is 33.1 Å². The van der Waals surface area contributed by atoms with Crippen LogP contribution in [0.3, 0.4) is 0 Å². The molecule has 3 aromatic heterocycles. The highest BCUT2D eigenvalue weighted by molar-refractivity contribution is 5.99. The van der Waals surface area contributed by atoms with Gasteiger partial charge in [0.05, 0.1) is 11.4 Å². The van der Waals surface area contributed by atoms with Crippen LogP contribution in [0.25, 0.3) is 16.7 Å². The lowest BCUT2D eigenvalue weighted by Gasteiger charge is -2.14. The second kappa shape index (κ2) is 9.81. The molecule has 0 saturated carbocycles. The number of carbonyl (C=O) groups is 1. The molecule has 0 fully saturated rings. The Morgan fingerprint density at radius 2 is 1.71 bits per heavy atom. The Labute approximate surface area is 219 Å². The molecule has 0 radical (unpaired) electrons. The van der Waals surface area contributed by atoms with E-state index in [4.69, 9.17) is 5.10 Å². The summed E-state index contributed by atoms with van der Waals surface area (Å²) in [4.78, 5) is 36.5. The summed E-state index contributed by atoms with van der Waals surface area (Å²) in [7, 11) is 0. The molecule has 0 atom stereocenters. The summed E-state index contributed by atoms with van der Waals surface area (Å²) in [6.07, 6.45) is 2.93. The van der Waals surface area contributed by atoms with Gasteiger partial charge in [0.2, 0.25) is 0 Å². The highest BCUT2D eigenvalue weighted by atomic mass is 16.2. The third-order valence-corrected chi connectivity index (χ3v) is 5.92. The molecule has 0 unspecified atom stereocenters. The summed E-state index contributed by atoms with van der Waals surface area (Å²) in [5, 5.41) is 14.1. The van der Waals surface area contributed by atoms with Crippen LogP contribution in [0.1, 0.15) is 32.0 Å². The van der Waals surface area contributed by atoms with Crippen molar-refractivity contribution in [2.24, 2.45) is 0 Å². The Morgan fingerprint density at radius 3 is 2.45 bits per heavy atom. The average molecular weight is 509 g/mol. The van der Waals surface area contributed by atoms with Crippen molar-refractivity contribution in [2.75, 3.05) is 16.0 Å². The number of nitrogens with zero attached hydrogens (tertiary/aromatic N) is 4. The quantitative estimate of drug-likeness (QED) is 0.248. The molecule has 10 heteroatoms. The number of aromatic amines is 1. The van der Waals surface area contributed by atoms with Gasteiger partial charge in [-0.2, -0.15) is 5.10 Å². The summed E-state index contributed by atoms with van der Waals surface area (Å²) < 4.78 is 1.74. The van der Waals surface area contributed by atoms with E-state index in [1.807, 2.05) is 37.3 Å². The summed E-state index contributed by atoms with van der Waals surface area (Å²) in [5.41, 5.74) is 4.19. The summed E-state index contributed by atoms with van der Waals surface area (Å²) in [5.74, 6) is 0.964. The zero-order valence-electron chi connectivity index (χ0n) is 21.5. The number of pyridine rings is 1. The molecule has 0 bridgehead atoms. The van der Waals surface area contributed by atoms with E-state index in [0.29, 0.717) is 34.0 Å². The molecule has 0 aliphatic heterocycles. The number of H-pyrrole nitrogens is 1. The zero-order chi connectivity index (χ0) is 26.9. The Morgan fingerprint density at radius 1 is 0.947 bits per heavy atom. The van der Waals surface area contributed by atoms with Crippen molar-refractivity contribution < 1.29 is 4.79 Å². The molecule has 2 aromatic carbocycles. The van der Waals surface area contributed by atoms with Crippen molar-refractivity contribution in [1.29, 1.82) is 0 Å². The van der Waals surface area contributed by atoms with E-state index in [-0.39, 0.29) is 10.8 Å². The van der Waals surface area contributed by atoms with Crippen LogP contribution in [-0.4, -0.2) is 30.8 Å². The minimum absolute atomic E-state index is 0.184. The molecule has 4 N–H and O–H groups in total. The molecule has 2 amide bonds. The lowest BCUT2D eigenvalue weighted by molar-refractivity contribution is 0.262. The van der Waals surface area contributed by atoms with Crippen LogP contribution in [0.5, 0.6) is 0 Å². The van der Waals surface area contributed by atoms with E-state index in [1.54, 1.807) is 35.1 Å². The average Bonchev–Trinajstić information content (AvgIpc) is 3.30. The number of aryl methyl sites for hydroxylation is 1. The summed E-state index contributed by atoms with van der Waals surface area (Å²) in [6, 6.07) is 18.0. The van der Waals surface area contributed by atoms with Gasteiger partial charge < -0.3 is 15.6 Å². The van der Waals surface area contributed by atoms with Gasteiger partial charge in [0.25, 0.3) is 0 Å². The maximum Gasteiger partial charge on any atom is 0.324 e. The van der Waals surface area contributed by atoms with Crippen LogP contribution in [0, 0.1) is 6.92 Å². The number of nitrogens with one attached hydrogen (secondary N) is 4. The maximum atomic E-state index is 12.9. The van der Waals surface area contributed by atoms with Gasteiger partial charge in [-0.3, -0.25) is 10.1 Å². The van der Waals surface area contributed by atoms with Gasteiger partial charge in [-0.25, -0.2) is 19.4 Å². The van der Waals surface area contributed by atoms with E-state index in [2.05, 4.69) is 51.7 Å². The van der Waals surface area contributed by atoms with Gasteiger partial charge >= 0.3 is 6.03 Å². The van der Waals surface area contributed by atoms with Gasteiger partial charge in [-0.15, -0.1) is 0 Å². The van der Waals surface area contributed by atoms with Crippen LogP contribution in [-0.2, 0) is 5.41 Å². The highest BCUT2D eigenvalue weighted by Gasteiger charge is 2.21. The number of benzene rings is 2. The zero-order valence-corrected chi connectivity index (χ0v) is 21.5. The number of carbonyl (C=O) groups excluding carboxylic acids is 1. The fourth-order valence-corrected chi connectivity index (χ4v) is 3.95. The number of hydrogen-bond donors (Lipinski definition) is 4. The second-order valence-electron chi connectivity index (χ2n) is 9.98. The standard InChI is InChI=1S/C28H28N8O2/c1-17-6-5-7-20(14-17)36-23(15-22(35-36)28(2,3)4)34-27(38)33-19-10-8-18(9-11-19)32-26-24-21(37)12-13-29-25(24)30-16-31-26/h5-16H,1-4H3,(H2,33,34,38)(H2,29,30,31,32,37). The van der Waals surface area contributed by atoms with Gasteiger partial charge in [-0.1, -0.05) is 32.9 Å².